The zero-order valence-corrected chi connectivity index (χ0v) is 13.2. The Kier molecular flexibility index (Phi) is 4.02. The molecule has 0 amide bonds. The molecule has 3 aromatic rings. The first-order valence-electron chi connectivity index (χ1n) is 6.90. The summed E-state index contributed by atoms with van der Waals surface area (Å²) in [5.41, 5.74) is 3.53. The van der Waals surface area contributed by atoms with Crippen LogP contribution in [0.1, 0.15) is 16.1 Å². The molecule has 0 aliphatic rings. The second-order valence-electron chi connectivity index (χ2n) is 4.92. The van der Waals surface area contributed by atoms with Crippen molar-refractivity contribution in [1.29, 1.82) is 0 Å². The van der Waals surface area contributed by atoms with Crippen molar-refractivity contribution in [3.63, 3.8) is 0 Å². The number of hydrogen-bond donors (Lipinski definition) is 0. The third-order valence-electron chi connectivity index (χ3n) is 3.34. The Hall–Kier alpha value is -2.46. The van der Waals surface area contributed by atoms with Gasteiger partial charge in [0.1, 0.15) is 5.01 Å². The number of nitrogens with zero attached hydrogens (tertiary/aromatic N) is 1. The van der Waals surface area contributed by atoms with Gasteiger partial charge in [0, 0.05) is 5.56 Å². The van der Waals surface area contributed by atoms with Gasteiger partial charge in [0.05, 0.1) is 12.0 Å². The molecule has 0 aliphatic carbocycles. The highest BCUT2D eigenvalue weighted by molar-refractivity contribution is 7.18. The summed E-state index contributed by atoms with van der Waals surface area (Å²) in [4.78, 5) is 17.4. The number of aromatic nitrogens is 1. The number of methoxy groups -OCH3 is 1. The Bertz CT molecular complexity index is 792. The van der Waals surface area contributed by atoms with Crippen LogP contribution in [0, 0.1) is 6.92 Å². The Labute approximate surface area is 133 Å². The van der Waals surface area contributed by atoms with E-state index in [9.17, 15) is 4.79 Å². The molecule has 0 spiro atoms. The Morgan fingerprint density at radius 3 is 2.32 bits per heavy atom. The average molecular weight is 309 g/mol. The minimum absolute atomic E-state index is 0.370. The van der Waals surface area contributed by atoms with Gasteiger partial charge in [0.15, 0.2) is 5.69 Å². The lowest BCUT2D eigenvalue weighted by molar-refractivity contribution is 0.0596. The summed E-state index contributed by atoms with van der Waals surface area (Å²) in [7, 11) is 1.38. The minimum Gasteiger partial charge on any atom is -0.464 e. The molecule has 110 valence electrons. The van der Waals surface area contributed by atoms with Crippen LogP contribution in [-0.4, -0.2) is 18.1 Å². The van der Waals surface area contributed by atoms with Crippen LogP contribution in [0.4, 0.5) is 0 Å². The van der Waals surface area contributed by atoms with E-state index in [2.05, 4.69) is 4.98 Å². The number of carbonyl (C=O) groups excluding carboxylic acids is 1. The highest BCUT2D eigenvalue weighted by atomic mass is 32.1. The van der Waals surface area contributed by atoms with E-state index in [-0.39, 0.29) is 0 Å². The molecule has 0 fully saturated rings. The maximum Gasteiger partial charge on any atom is 0.358 e. The first kappa shape index (κ1) is 14.5. The van der Waals surface area contributed by atoms with Crippen LogP contribution in [0.5, 0.6) is 0 Å². The first-order chi connectivity index (χ1) is 10.7. The molecule has 1 heterocycles. The average Bonchev–Trinajstić information content (AvgIpc) is 3.01. The lowest BCUT2D eigenvalue weighted by atomic mass is 10.1. The van der Waals surface area contributed by atoms with Gasteiger partial charge >= 0.3 is 5.97 Å². The zero-order chi connectivity index (χ0) is 15.5. The number of rotatable bonds is 3. The predicted molar refractivity (Wildman–Crippen MR) is 89.1 cm³/mol. The molecular formula is C18H15NO2S. The summed E-state index contributed by atoms with van der Waals surface area (Å²) in [5.74, 6) is -0.409. The van der Waals surface area contributed by atoms with Crippen LogP contribution in [0.15, 0.2) is 54.6 Å². The quantitative estimate of drug-likeness (QED) is 0.665. The third kappa shape index (κ3) is 2.78. The van der Waals surface area contributed by atoms with Crippen molar-refractivity contribution in [3.05, 3.63) is 65.9 Å². The number of aryl methyl sites for hydroxylation is 1. The summed E-state index contributed by atoms with van der Waals surface area (Å²) in [6.45, 7) is 2.04. The van der Waals surface area contributed by atoms with Gasteiger partial charge in [-0.15, -0.1) is 11.3 Å². The van der Waals surface area contributed by atoms with Crippen molar-refractivity contribution in [2.24, 2.45) is 0 Å². The van der Waals surface area contributed by atoms with Gasteiger partial charge in [0.2, 0.25) is 0 Å². The molecule has 22 heavy (non-hydrogen) atoms. The fourth-order valence-corrected chi connectivity index (χ4v) is 3.22. The largest absolute Gasteiger partial charge is 0.464 e. The lowest BCUT2D eigenvalue weighted by Crippen LogP contribution is -2.03. The molecule has 2 aromatic carbocycles. The Balaban J connectivity index is 2.13. The zero-order valence-electron chi connectivity index (χ0n) is 12.4. The van der Waals surface area contributed by atoms with Crippen LogP contribution in [0.2, 0.25) is 0 Å². The van der Waals surface area contributed by atoms with E-state index in [0.29, 0.717) is 5.69 Å². The molecule has 3 nitrogen and oxygen atoms in total. The fourth-order valence-electron chi connectivity index (χ4n) is 2.16. The fraction of sp³-hybridized carbons (Fsp3) is 0.111. The predicted octanol–water partition coefficient (Wildman–Crippen LogP) is 4.57. The lowest BCUT2D eigenvalue weighted by Gasteiger charge is -1.99. The molecule has 3 rings (SSSR count). The molecular weight excluding hydrogens is 294 g/mol. The molecule has 0 radical (unpaired) electrons. The Morgan fingerprint density at radius 1 is 1.00 bits per heavy atom. The van der Waals surface area contributed by atoms with E-state index in [0.717, 1.165) is 21.0 Å². The minimum atomic E-state index is -0.409. The van der Waals surface area contributed by atoms with Gasteiger partial charge in [-0.3, -0.25) is 0 Å². The van der Waals surface area contributed by atoms with E-state index in [1.807, 2.05) is 61.5 Å². The number of carbonyl (C=O) groups is 1. The van der Waals surface area contributed by atoms with Gasteiger partial charge in [-0.2, -0.15) is 0 Å². The maximum absolute atomic E-state index is 12.0. The van der Waals surface area contributed by atoms with E-state index in [4.69, 9.17) is 4.74 Å². The molecule has 0 aliphatic heterocycles. The number of esters is 1. The van der Waals surface area contributed by atoms with Crippen LogP contribution in [-0.2, 0) is 4.74 Å². The normalized spacial score (nSPS) is 10.5. The smallest absolute Gasteiger partial charge is 0.358 e. The summed E-state index contributed by atoms with van der Waals surface area (Å²) in [5, 5.41) is 0.819. The summed E-state index contributed by atoms with van der Waals surface area (Å²) in [6, 6.07) is 17.9. The van der Waals surface area contributed by atoms with E-state index in [1.54, 1.807) is 0 Å². The molecule has 4 heteroatoms. The number of hydrogen-bond acceptors (Lipinski definition) is 4. The van der Waals surface area contributed by atoms with Gasteiger partial charge < -0.3 is 4.74 Å². The van der Waals surface area contributed by atoms with Crippen molar-refractivity contribution in [2.75, 3.05) is 7.11 Å². The molecule has 0 saturated heterocycles. The molecule has 0 unspecified atom stereocenters. The van der Waals surface area contributed by atoms with E-state index < -0.39 is 5.97 Å². The summed E-state index contributed by atoms with van der Waals surface area (Å²) in [6.07, 6.45) is 0. The number of ether oxygens (including phenoxy) is 1. The van der Waals surface area contributed by atoms with Gasteiger partial charge in [0.25, 0.3) is 0 Å². The van der Waals surface area contributed by atoms with Crippen LogP contribution >= 0.6 is 11.3 Å². The van der Waals surface area contributed by atoms with Crippen LogP contribution < -0.4 is 0 Å². The topological polar surface area (TPSA) is 39.2 Å². The van der Waals surface area contributed by atoms with Crippen molar-refractivity contribution in [3.8, 4) is 21.0 Å². The van der Waals surface area contributed by atoms with E-state index >= 15 is 0 Å². The van der Waals surface area contributed by atoms with Gasteiger partial charge in [-0.25, -0.2) is 9.78 Å². The molecule has 0 atom stereocenters. The van der Waals surface area contributed by atoms with E-state index in [1.165, 1.54) is 24.0 Å². The molecule has 1 aromatic heterocycles. The van der Waals surface area contributed by atoms with Gasteiger partial charge in [-0.05, 0) is 12.5 Å². The summed E-state index contributed by atoms with van der Waals surface area (Å²) < 4.78 is 4.87. The van der Waals surface area contributed by atoms with Crippen molar-refractivity contribution in [2.45, 2.75) is 6.92 Å². The second-order valence-corrected chi connectivity index (χ2v) is 5.92. The van der Waals surface area contributed by atoms with Crippen molar-refractivity contribution < 1.29 is 9.53 Å². The third-order valence-corrected chi connectivity index (χ3v) is 4.49. The summed E-state index contributed by atoms with van der Waals surface area (Å²) >= 11 is 1.50. The number of thiazole rings is 1. The standard InChI is InChI=1S/C18H15NO2S/c1-12-8-10-14(11-9-12)17-19-15(18(20)21-2)16(22-17)13-6-4-3-5-7-13/h3-11H,1-2H3. The molecule has 0 N–H and O–H groups in total. The van der Waals surface area contributed by atoms with Crippen LogP contribution in [0.25, 0.3) is 21.0 Å². The first-order valence-corrected chi connectivity index (χ1v) is 7.72. The van der Waals surface area contributed by atoms with Gasteiger partial charge in [-0.1, -0.05) is 60.2 Å². The maximum atomic E-state index is 12.0. The number of benzene rings is 2. The SMILES string of the molecule is COC(=O)c1nc(-c2ccc(C)cc2)sc1-c1ccccc1. The second kappa shape index (κ2) is 6.12. The van der Waals surface area contributed by atoms with Crippen molar-refractivity contribution in [1.82, 2.24) is 4.98 Å². The highest BCUT2D eigenvalue weighted by Crippen LogP contribution is 2.35. The highest BCUT2D eigenvalue weighted by Gasteiger charge is 2.20. The molecule has 0 bridgehead atoms. The molecule has 0 saturated carbocycles. The monoisotopic (exact) mass is 309 g/mol. The van der Waals surface area contributed by atoms with Crippen LogP contribution in [0.3, 0.4) is 0 Å². The van der Waals surface area contributed by atoms with Crippen molar-refractivity contribution >= 4 is 17.3 Å². The Morgan fingerprint density at radius 2 is 1.68 bits per heavy atom.